The standard InChI is InChI=1S/C18H16N2O3/c19-12-13-6-8-16(9-7-13)20-17(21)10-15(11-18(22)23)14-4-2-1-3-5-14/h1-9,15H,10-11H2,(H,20,21)(H,22,23)/t15-/m0/s1. The van der Waals surface area contributed by atoms with Gasteiger partial charge in [-0.3, -0.25) is 9.59 Å². The number of carbonyl (C=O) groups is 2. The average molecular weight is 308 g/mol. The van der Waals surface area contributed by atoms with Gasteiger partial charge in [-0.05, 0) is 29.8 Å². The molecule has 0 saturated heterocycles. The Morgan fingerprint density at radius 1 is 1.04 bits per heavy atom. The van der Waals surface area contributed by atoms with Gasteiger partial charge in [-0.15, -0.1) is 0 Å². The van der Waals surface area contributed by atoms with Crippen LogP contribution < -0.4 is 5.32 Å². The number of carboxylic acid groups (broad SMARTS) is 1. The molecule has 0 saturated carbocycles. The van der Waals surface area contributed by atoms with E-state index >= 15 is 0 Å². The molecular weight excluding hydrogens is 292 g/mol. The van der Waals surface area contributed by atoms with Crippen LogP contribution in [0.25, 0.3) is 0 Å². The Labute approximate surface area is 134 Å². The van der Waals surface area contributed by atoms with Crippen LogP contribution in [0.3, 0.4) is 0 Å². The number of amides is 1. The van der Waals surface area contributed by atoms with E-state index in [9.17, 15) is 9.59 Å². The van der Waals surface area contributed by atoms with Gasteiger partial charge in [-0.1, -0.05) is 30.3 Å². The summed E-state index contributed by atoms with van der Waals surface area (Å²) in [6.45, 7) is 0. The van der Waals surface area contributed by atoms with Crippen molar-refractivity contribution in [2.24, 2.45) is 0 Å². The van der Waals surface area contributed by atoms with Gasteiger partial charge in [0.15, 0.2) is 0 Å². The Hall–Kier alpha value is -3.13. The molecule has 0 fully saturated rings. The smallest absolute Gasteiger partial charge is 0.303 e. The molecule has 5 heteroatoms. The predicted molar refractivity (Wildman–Crippen MR) is 85.8 cm³/mol. The van der Waals surface area contributed by atoms with E-state index in [2.05, 4.69) is 5.32 Å². The van der Waals surface area contributed by atoms with Gasteiger partial charge in [0.1, 0.15) is 0 Å². The van der Waals surface area contributed by atoms with Crippen LogP contribution in [0.1, 0.15) is 29.9 Å². The van der Waals surface area contributed by atoms with Crippen molar-refractivity contribution >= 4 is 17.6 Å². The number of aliphatic carboxylic acids is 1. The van der Waals surface area contributed by atoms with Crippen molar-refractivity contribution in [1.29, 1.82) is 5.26 Å². The zero-order chi connectivity index (χ0) is 16.7. The summed E-state index contributed by atoms with van der Waals surface area (Å²) in [5.41, 5.74) is 1.91. The molecule has 0 spiro atoms. The first-order valence-corrected chi connectivity index (χ1v) is 7.15. The number of hydrogen-bond donors (Lipinski definition) is 2. The van der Waals surface area contributed by atoms with E-state index in [1.807, 2.05) is 36.4 Å². The molecule has 2 rings (SSSR count). The van der Waals surface area contributed by atoms with E-state index in [0.717, 1.165) is 5.56 Å². The minimum atomic E-state index is -0.940. The van der Waals surface area contributed by atoms with Crippen molar-refractivity contribution in [1.82, 2.24) is 0 Å². The second-order valence-corrected chi connectivity index (χ2v) is 5.15. The van der Waals surface area contributed by atoms with Crippen molar-refractivity contribution in [3.8, 4) is 6.07 Å². The summed E-state index contributed by atoms with van der Waals surface area (Å²) >= 11 is 0. The number of carboxylic acids is 1. The molecule has 23 heavy (non-hydrogen) atoms. The normalized spacial score (nSPS) is 11.3. The van der Waals surface area contributed by atoms with Gasteiger partial charge < -0.3 is 10.4 Å². The average Bonchev–Trinajstić information content (AvgIpc) is 2.55. The number of nitrogens with zero attached hydrogens (tertiary/aromatic N) is 1. The summed E-state index contributed by atoms with van der Waals surface area (Å²) in [4.78, 5) is 23.2. The zero-order valence-corrected chi connectivity index (χ0v) is 12.4. The zero-order valence-electron chi connectivity index (χ0n) is 12.4. The molecule has 0 unspecified atom stereocenters. The fraction of sp³-hybridized carbons (Fsp3) is 0.167. The van der Waals surface area contributed by atoms with Crippen LogP contribution in [0.5, 0.6) is 0 Å². The second-order valence-electron chi connectivity index (χ2n) is 5.15. The molecule has 0 aliphatic rings. The van der Waals surface area contributed by atoms with Gasteiger partial charge in [0.2, 0.25) is 5.91 Å². The summed E-state index contributed by atoms with van der Waals surface area (Å²) in [5.74, 6) is -1.58. The minimum Gasteiger partial charge on any atom is -0.481 e. The lowest BCUT2D eigenvalue weighted by Crippen LogP contribution is -2.17. The van der Waals surface area contributed by atoms with E-state index < -0.39 is 5.97 Å². The minimum absolute atomic E-state index is 0.0797. The highest BCUT2D eigenvalue weighted by atomic mass is 16.4. The number of rotatable bonds is 6. The molecule has 1 atom stereocenters. The van der Waals surface area contributed by atoms with Gasteiger partial charge in [-0.25, -0.2) is 0 Å². The Morgan fingerprint density at radius 2 is 1.70 bits per heavy atom. The third-order valence-corrected chi connectivity index (χ3v) is 3.42. The predicted octanol–water partition coefficient (Wildman–Crippen LogP) is 3.15. The van der Waals surface area contributed by atoms with Gasteiger partial charge in [0.05, 0.1) is 18.1 Å². The Balaban J connectivity index is 2.05. The highest BCUT2D eigenvalue weighted by Crippen LogP contribution is 2.24. The molecule has 2 aromatic rings. The van der Waals surface area contributed by atoms with Crippen molar-refractivity contribution in [2.45, 2.75) is 18.8 Å². The Bertz CT molecular complexity index is 718. The topological polar surface area (TPSA) is 90.2 Å². The molecule has 0 bridgehead atoms. The van der Waals surface area contributed by atoms with E-state index in [0.29, 0.717) is 11.3 Å². The number of nitriles is 1. The molecule has 0 aliphatic carbocycles. The Morgan fingerprint density at radius 3 is 2.26 bits per heavy atom. The third-order valence-electron chi connectivity index (χ3n) is 3.42. The number of hydrogen-bond acceptors (Lipinski definition) is 3. The van der Waals surface area contributed by atoms with Crippen LogP contribution in [-0.2, 0) is 9.59 Å². The molecule has 5 nitrogen and oxygen atoms in total. The molecule has 0 aromatic heterocycles. The van der Waals surface area contributed by atoms with Crippen molar-refractivity contribution in [3.63, 3.8) is 0 Å². The fourth-order valence-electron chi connectivity index (χ4n) is 2.31. The van der Waals surface area contributed by atoms with E-state index in [-0.39, 0.29) is 24.7 Å². The lowest BCUT2D eigenvalue weighted by atomic mass is 9.92. The van der Waals surface area contributed by atoms with Crippen LogP contribution in [0.15, 0.2) is 54.6 Å². The maximum atomic E-state index is 12.2. The Kier molecular flexibility index (Phi) is 5.48. The molecule has 2 N–H and O–H groups in total. The highest BCUT2D eigenvalue weighted by molar-refractivity contribution is 5.91. The van der Waals surface area contributed by atoms with E-state index in [1.54, 1.807) is 24.3 Å². The molecule has 2 aromatic carbocycles. The first-order chi connectivity index (χ1) is 11.1. The molecule has 0 heterocycles. The lowest BCUT2D eigenvalue weighted by Gasteiger charge is -2.15. The van der Waals surface area contributed by atoms with Gasteiger partial charge in [0, 0.05) is 18.0 Å². The van der Waals surface area contributed by atoms with E-state index in [1.165, 1.54) is 0 Å². The summed E-state index contributed by atoms with van der Waals surface area (Å²) < 4.78 is 0. The summed E-state index contributed by atoms with van der Waals surface area (Å²) in [6, 6.07) is 17.7. The summed E-state index contributed by atoms with van der Waals surface area (Å²) in [7, 11) is 0. The van der Waals surface area contributed by atoms with Crippen LogP contribution >= 0.6 is 0 Å². The molecular formula is C18H16N2O3. The first-order valence-electron chi connectivity index (χ1n) is 7.15. The largest absolute Gasteiger partial charge is 0.481 e. The van der Waals surface area contributed by atoms with Gasteiger partial charge >= 0.3 is 5.97 Å². The van der Waals surface area contributed by atoms with Gasteiger partial charge in [0.25, 0.3) is 0 Å². The highest BCUT2D eigenvalue weighted by Gasteiger charge is 2.19. The monoisotopic (exact) mass is 308 g/mol. The van der Waals surface area contributed by atoms with Gasteiger partial charge in [-0.2, -0.15) is 5.26 Å². The summed E-state index contributed by atoms with van der Waals surface area (Å²) in [6.07, 6.45) is -0.0267. The maximum Gasteiger partial charge on any atom is 0.303 e. The van der Waals surface area contributed by atoms with E-state index in [4.69, 9.17) is 10.4 Å². The number of anilines is 1. The summed E-state index contributed by atoms with van der Waals surface area (Å²) in [5, 5.41) is 20.5. The number of benzene rings is 2. The quantitative estimate of drug-likeness (QED) is 0.857. The lowest BCUT2D eigenvalue weighted by molar-refractivity contribution is -0.137. The van der Waals surface area contributed by atoms with Crippen LogP contribution in [-0.4, -0.2) is 17.0 Å². The van der Waals surface area contributed by atoms with Crippen molar-refractivity contribution in [2.75, 3.05) is 5.32 Å². The van der Waals surface area contributed by atoms with Crippen LogP contribution in [0, 0.1) is 11.3 Å². The number of nitrogens with one attached hydrogen (secondary N) is 1. The third kappa shape index (κ3) is 4.97. The van der Waals surface area contributed by atoms with Crippen molar-refractivity contribution < 1.29 is 14.7 Å². The second kappa shape index (κ2) is 7.76. The molecule has 116 valence electrons. The SMILES string of the molecule is N#Cc1ccc(NC(=O)C[C@@H](CC(=O)O)c2ccccc2)cc1. The molecule has 0 radical (unpaired) electrons. The van der Waals surface area contributed by atoms with Crippen molar-refractivity contribution in [3.05, 3.63) is 65.7 Å². The molecule has 1 amide bonds. The maximum absolute atomic E-state index is 12.2. The fourth-order valence-corrected chi connectivity index (χ4v) is 2.31. The van der Waals surface area contributed by atoms with Crippen LogP contribution in [0.4, 0.5) is 5.69 Å². The number of carbonyl (C=O) groups excluding carboxylic acids is 1. The molecule has 0 aliphatic heterocycles. The van der Waals surface area contributed by atoms with Crippen LogP contribution in [0.2, 0.25) is 0 Å². The first kappa shape index (κ1) is 16.2.